The maximum Gasteiger partial charge on any atom is 0.509 e. The molecule has 0 bridgehead atoms. The van der Waals surface area contributed by atoms with Crippen LogP contribution in [-0.4, -0.2) is 100 Å². The Hall–Kier alpha value is -1.09. The minimum atomic E-state index is -4.28. The van der Waals surface area contributed by atoms with Crippen molar-refractivity contribution in [3.8, 4) is 0 Å². The zero-order valence-corrected chi connectivity index (χ0v) is 18.1. The van der Waals surface area contributed by atoms with E-state index in [0.717, 1.165) is 0 Å². The van der Waals surface area contributed by atoms with Gasteiger partial charge < -0.3 is 9.47 Å². The summed E-state index contributed by atoms with van der Waals surface area (Å²) < 4.78 is 120. The fraction of sp³-hybridized carbons (Fsp3) is 0.909. The molecule has 3 aliphatic heterocycles. The summed E-state index contributed by atoms with van der Waals surface area (Å²) in [5.74, 6) is -3.30. The van der Waals surface area contributed by atoms with Crippen LogP contribution in [-0.2, 0) is 66.7 Å². The van der Waals surface area contributed by atoms with Gasteiger partial charge in [-0.3, -0.25) is 0 Å². The molecule has 30 heavy (non-hydrogen) atoms. The summed E-state index contributed by atoms with van der Waals surface area (Å²) in [4.78, 5) is 11.4. The summed E-state index contributed by atoms with van der Waals surface area (Å²) in [5, 5.41) is 0. The van der Waals surface area contributed by atoms with Crippen molar-refractivity contribution in [2.75, 3.05) is 36.2 Å². The Labute approximate surface area is 172 Å². The van der Waals surface area contributed by atoms with Crippen LogP contribution in [0.4, 0.5) is 4.79 Å². The summed E-state index contributed by atoms with van der Waals surface area (Å²) in [6, 6.07) is 0. The predicted molar refractivity (Wildman–Crippen MR) is 91.9 cm³/mol. The first-order valence-corrected chi connectivity index (χ1v) is 14.4. The predicted octanol–water partition coefficient (Wildman–Crippen LogP) is -2.96. The lowest BCUT2D eigenvalue weighted by Gasteiger charge is -2.17. The Bertz CT molecular complexity index is 1020. The Morgan fingerprint density at radius 2 is 1.07 bits per heavy atom. The van der Waals surface area contributed by atoms with Crippen molar-refractivity contribution >= 4 is 46.6 Å². The lowest BCUT2D eigenvalue weighted by Crippen LogP contribution is -2.39. The van der Waals surface area contributed by atoms with Crippen molar-refractivity contribution in [2.24, 2.45) is 0 Å². The SMILES string of the molecule is O=C1OC(CS(=O)(=O)CC2COS(=O)(=O)O2)C(CS(=O)(=O)CC2COS(=O)(=O)O2)O1. The molecule has 0 amide bonds. The second kappa shape index (κ2) is 8.11. The van der Waals surface area contributed by atoms with Gasteiger partial charge in [0.15, 0.2) is 31.9 Å². The minimum Gasteiger partial charge on any atom is -0.426 e. The Kier molecular flexibility index (Phi) is 6.37. The molecule has 3 aliphatic rings. The van der Waals surface area contributed by atoms with E-state index in [-0.39, 0.29) is 0 Å². The van der Waals surface area contributed by atoms with E-state index in [1.807, 2.05) is 0 Å². The molecule has 15 nitrogen and oxygen atoms in total. The fourth-order valence-corrected chi connectivity index (χ4v) is 7.96. The van der Waals surface area contributed by atoms with Crippen LogP contribution in [0.1, 0.15) is 0 Å². The Morgan fingerprint density at radius 1 is 0.700 bits per heavy atom. The minimum absolute atomic E-state index is 0.521. The van der Waals surface area contributed by atoms with Gasteiger partial charge in [0.05, 0.1) is 36.2 Å². The zero-order valence-electron chi connectivity index (χ0n) is 14.8. The maximum atomic E-state index is 12.3. The first kappa shape index (κ1) is 23.6. The van der Waals surface area contributed by atoms with E-state index in [2.05, 4.69) is 16.7 Å². The molecule has 0 N–H and O–H groups in total. The van der Waals surface area contributed by atoms with E-state index >= 15 is 0 Å². The van der Waals surface area contributed by atoms with E-state index in [0.29, 0.717) is 0 Å². The number of carbonyl (C=O) groups excluding carboxylic acids is 1. The van der Waals surface area contributed by atoms with Crippen molar-refractivity contribution in [3.05, 3.63) is 0 Å². The molecular formula is C11H16O15S4. The summed E-state index contributed by atoms with van der Waals surface area (Å²) in [6.45, 7) is -1.04. The maximum absolute atomic E-state index is 12.3. The van der Waals surface area contributed by atoms with Crippen molar-refractivity contribution in [3.63, 3.8) is 0 Å². The van der Waals surface area contributed by atoms with E-state index < -0.39 is 107 Å². The molecule has 19 heteroatoms. The molecule has 3 heterocycles. The van der Waals surface area contributed by atoms with Gasteiger partial charge in [0.25, 0.3) is 0 Å². The van der Waals surface area contributed by atoms with Gasteiger partial charge in [-0.1, -0.05) is 0 Å². The van der Waals surface area contributed by atoms with Gasteiger partial charge in [0, 0.05) is 0 Å². The molecule has 3 saturated heterocycles. The lowest BCUT2D eigenvalue weighted by atomic mass is 10.3. The molecule has 3 fully saturated rings. The Balaban J connectivity index is 1.61. The van der Waals surface area contributed by atoms with Gasteiger partial charge in [-0.15, -0.1) is 0 Å². The van der Waals surface area contributed by atoms with E-state index in [1.165, 1.54) is 0 Å². The monoisotopic (exact) mass is 516 g/mol. The van der Waals surface area contributed by atoms with Crippen molar-refractivity contribution in [2.45, 2.75) is 24.4 Å². The zero-order chi connectivity index (χ0) is 22.4. The molecule has 0 spiro atoms. The summed E-state index contributed by atoms with van der Waals surface area (Å²) in [6.07, 6.45) is -6.90. The highest BCUT2D eigenvalue weighted by atomic mass is 32.3. The smallest absolute Gasteiger partial charge is 0.426 e. The third kappa shape index (κ3) is 6.45. The standard InChI is InChI=1S/C11H16O15S4/c12-11-23-9(5-27(13,14)3-7-1-21-29(17,18)25-7)10(24-11)6-28(15,16)4-8-2-22-30(19,20)26-8/h7-10H,1-6H2. The van der Waals surface area contributed by atoms with Crippen LogP contribution < -0.4 is 0 Å². The van der Waals surface area contributed by atoms with Gasteiger partial charge in [-0.2, -0.15) is 16.8 Å². The van der Waals surface area contributed by atoms with E-state index in [1.54, 1.807) is 0 Å². The van der Waals surface area contributed by atoms with Gasteiger partial charge in [-0.25, -0.2) is 38.4 Å². The van der Waals surface area contributed by atoms with Crippen LogP contribution in [0.15, 0.2) is 0 Å². The second-order valence-electron chi connectivity index (χ2n) is 6.54. The highest BCUT2D eigenvalue weighted by molar-refractivity contribution is 7.92. The highest BCUT2D eigenvalue weighted by Crippen LogP contribution is 2.23. The number of carbonyl (C=O) groups is 1. The largest absolute Gasteiger partial charge is 0.509 e. The molecule has 4 atom stereocenters. The van der Waals surface area contributed by atoms with Crippen LogP contribution in [0.25, 0.3) is 0 Å². The van der Waals surface area contributed by atoms with Gasteiger partial charge in [0.1, 0.15) is 12.2 Å². The molecule has 0 saturated carbocycles. The average Bonchev–Trinajstić information content (AvgIpc) is 3.15. The normalized spacial score (nSPS) is 33.3. The van der Waals surface area contributed by atoms with Crippen LogP contribution >= 0.6 is 0 Å². The van der Waals surface area contributed by atoms with E-state index in [4.69, 9.17) is 9.47 Å². The quantitative estimate of drug-likeness (QED) is 0.295. The number of cyclic esters (lactones) is 2. The van der Waals surface area contributed by atoms with Crippen molar-refractivity contribution < 1.29 is 64.7 Å². The highest BCUT2D eigenvalue weighted by Gasteiger charge is 2.44. The third-order valence-electron chi connectivity index (χ3n) is 3.93. The first-order chi connectivity index (χ1) is 13.6. The van der Waals surface area contributed by atoms with Crippen molar-refractivity contribution in [1.82, 2.24) is 0 Å². The van der Waals surface area contributed by atoms with Gasteiger partial charge in [0.2, 0.25) is 0 Å². The molecule has 174 valence electrons. The Morgan fingerprint density at radius 3 is 1.37 bits per heavy atom. The number of sulfone groups is 2. The molecular weight excluding hydrogens is 500 g/mol. The molecule has 0 aromatic carbocycles. The molecule has 0 aromatic rings. The van der Waals surface area contributed by atoms with Crippen LogP contribution in [0.2, 0.25) is 0 Å². The van der Waals surface area contributed by atoms with Crippen LogP contribution in [0, 0.1) is 0 Å². The van der Waals surface area contributed by atoms with Crippen molar-refractivity contribution in [1.29, 1.82) is 0 Å². The first-order valence-electron chi connectivity index (χ1n) is 8.07. The lowest BCUT2D eigenvalue weighted by molar-refractivity contribution is 0.119. The summed E-state index contributed by atoms with van der Waals surface area (Å²) in [5.41, 5.74) is 0. The molecule has 4 unspecified atom stereocenters. The number of rotatable bonds is 8. The van der Waals surface area contributed by atoms with E-state index in [9.17, 15) is 38.5 Å². The molecule has 0 radical (unpaired) electrons. The topological polar surface area (TPSA) is 209 Å². The summed E-state index contributed by atoms with van der Waals surface area (Å²) >= 11 is 0. The molecule has 0 aromatic heterocycles. The molecule has 3 rings (SSSR count). The number of hydrogen-bond acceptors (Lipinski definition) is 15. The average molecular weight is 517 g/mol. The number of ether oxygens (including phenoxy) is 2. The van der Waals surface area contributed by atoms with Crippen LogP contribution in [0.3, 0.4) is 0 Å². The number of hydrogen-bond donors (Lipinski definition) is 0. The summed E-state index contributed by atoms with van der Waals surface area (Å²) in [7, 11) is -16.7. The third-order valence-corrected chi connectivity index (χ3v) is 9.23. The van der Waals surface area contributed by atoms with Gasteiger partial charge in [-0.05, 0) is 0 Å². The molecule has 0 aliphatic carbocycles. The van der Waals surface area contributed by atoms with Crippen LogP contribution in [0.5, 0.6) is 0 Å². The van der Waals surface area contributed by atoms with Gasteiger partial charge >= 0.3 is 27.0 Å². The fourth-order valence-electron chi connectivity index (χ4n) is 2.83. The second-order valence-corrected chi connectivity index (χ2v) is 13.3.